The van der Waals surface area contributed by atoms with Gasteiger partial charge in [-0.15, -0.1) is 0 Å². The van der Waals surface area contributed by atoms with Crippen molar-refractivity contribution in [3.63, 3.8) is 0 Å². The standard InChI is InChI=1S/C22H26N4O2/c1-2-28-21-6-4-3-5-20(21)26-15-13-25(14-16-26)17-22(27)24-19-9-7-18(8-10-19)11-12-23/h3-10H,2,11,13-17H2,1H3,(H,24,27)/p+1. The Morgan fingerprint density at radius 1 is 1.18 bits per heavy atom. The molecule has 2 N–H and O–H groups in total. The van der Waals surface area contributed by atoms with Crippen LogP contribution in [-0.4, -0.2) is 45.2 Å². The van der Waals surface area contributed by atoms with Gasteiger partial charge >= 0.3 is 0 Å². The summed E-state index contributed by atoms with van der Waals surface area (Å²) in [5, 5.41) is 11.7. The second kappa shape index (κ2) is 9.77. The van der Waals surface area contributed by atoms with Crippen LogP contribution in [0.25, 0.3) is 0 Å². The van der Waals surface area contributed by atoms with E-state index in [0.29, 0.717) is 19.6 Å². The van der Waals surface area contributed by atoms with E-state index in [2.05, 4.69) is 22.4 Å². The monoisotopic (exact) mass is 379 g/mol. The average molecular weight is 379 g/mol. The van der Waals surface area contributed by atoms with E-state index in [0.717, 1.165) is 48.9 Å². The number of nitriles is 1. The summed E-state index contributed by atoms with van der Waals surface area (Å²) in [5.41, 5.74) is 2.86. The number of quaternary nitrogens is 1. The number of nitrogens with zero attached hydrogens (tertiary/aromatic N) is 2. The molecule has 0 unspecified atom stereocenters. The van der Waals surface area contributed by atoms with Gasteiger partial charge in [-0.25, -0.2) is 0 Å². The molecule has 2 aromatic rings. The molecule has 2 aromatic carbocycles. The van der Waals surface area contributed by atoms with Crippen molar-refractivity contribution in [3.05, 3.63) is 54.1 Å². The Bertz CT molecular complexity index is 821. The molecule has 6 nitrogen and oxygen atoms in total. The van der Waals surface area contributed by atoms with Gasteiger partial charge in [0, 0.05) is 5.69 Å². The van der Waals surface area contributed by atoms with Crippen LogP contribution < -0.4 is 19.9 Å². The van der Waals surface area contributed by atoms with E-state index in [4.69, 9.17) is 10.00 Å². The average Bonchev–Trinajstić information content (AvgIpc) is 2.71. The summed E-state index contributed by atoms with van der Waals surface area (Å²) in [5.74, 6) is 0.942. The Hall–Kier alpha value is -3.04. The third-order valence-electron chi connectivity index (χ3n) is 4.91. The lowest BCUT2D eigenvalue weighted by atomic mass is 10.1. The molecule has 146 valence electrons. The predicted octanol–water partition coefficient (Wildman–Crippen LogP) is 1.49. The van der Waals surface area contributed by atoms with Crippen molar-refractivity contribution < 1.29 is 14.4 Å². The molecule has 28 heavy (non-hydrogen) atoms. The van der Waals surface area contributed by atoms with Crippen LogP contribution in [0, 0.1) is 11.3 Å². The Morgan fingerprint density at radius 3 is 2.57 bits per heavy atom. The number of ether oxygens (including phenoxy) is 1. The van der Waals surface area contributed by atoms with Crippen LogP contribution in [0.15, 0.2) is 48.5 Å². The molecule has 1 saturated heterocycles. The molecule has 0 aliphatic carbocycles. The first-order valence-electron chi connectivity index (χ1n) is 9.75. The summed E-state index contributed by atoms with van der Waals surface area (Å²) >= 11 is 0. The molecule has 0 spiro atoms. The number of hydrogen-bond donors (Lipinski definition) is 2. The van der Waals surface area contributed by atoms with E-state index in [-0.39, 0.29) is 5.91 Å². The molecule has 3 rings (SSSR count). The molecule has 0 atom stereocenters. The molecular formula is C22H27N4O2+. The predicted molar refractivity (Wildman–Crippen MR) is 110 cm³/mol. The molecule has 1 aliphatic rings. The Morgan fingerprint density at radius 2 is 1.89 bits per heavy atom. The van der Waals surface area contributed by atoms with Gasteiger partial charge in [0.05, 0.1) is 51.0 Å². The maximum Gasteiger partial charge on any atom is 0.279 e. The normalized spacial score (nSPS) is 14.4. The van der Waals surface area contributed by atoms with E-state index in [9.17, 15) is 4.79 Å². The fourth-order valence-corrected chi connectivity index (χ4v) is 3.47. The Balaban J connectivity index is 1.49. The van der Waals surface area contributed by atoms with Crippen molar-refractivity contribution in [3.8, 4) is 11.8 Å². The quantitative estimate of drug-likeness (QED) is 0.765. The minimum Gasteiger partial charge on any atom is -0.492 e. The van der Waals surface area contributed by atoms with Crippen LogP contribution in [0.1, 0.15) is 12.5 Å². The number of hydrogen-bond acceptors (Lipinski definition) is 4. The Labute approximate surface area is 166 Å². The van der Waals surface area contributed by atoms with Crippen LogP contribution in [0.2, 0.25) is 0 Å². The summed E-state index contributed by atoms with van der Waals surface area (Å²) in [6, 6.07) is 17.7. The van der Waals surface area contributed by atoms with Crippen LogP contribution >= 0.6 is 0 Å². The van der Waals surface area contributed by atoms with E-state index in [1.165, 1.54) is 4.90 Å². The topological polar surface area (TPSA) is 69.8 Å². The number of amides is 1. The van der Waals surface area contributed by atoms with Gasteiger partial charge in [-0.1, -0.05) is 24.3 Å². The zero-order chi connectivity index (χ0) is 19.8. The third kappa shape index (κ3) is 5.24. The fraction of sp³-hybridized carbons (Fsp3) is 0.364. The Kier molecular flexibility index (Phi) is 6.88. The lowest BCUT2D eigenvalue weighted by molar-refractivity contribution is -0.892. The van der Waals surface area contributed by atoms with Crippen molar-refractivity contribution in [2.75, 3.05) is 49.5 Å². The van der Waals surface area contributed by atoms with E-state index in [1.54, 1.807) is 0 Å². The van der Waals surface area contributed by atoms with Crippen molar-refractivity contribution in [1.82, 2.24) is 0 Å². The van der Waals surface area contributed by atoms with E-state index < -0.39 is 0 Å². The molecule has 1 amide bonds. The van der Waals surface area contributed by atoms with Crippen molar-refractivity contribution in [1.29, 1.82) is 5.26 Å². The third-order valence-corrected chi connectivity index (χ3v) is 4.91. The summed E-state index contributed by atoms with van der Waals surface area (Å²) in [7, 11) is 0. The van der Waals surface area contributed by atoms with Crippen LogP contribution in [-0.2, 0) is 11.2 Å². The largest absolute Gasteiger partial charge is 0.492 e. The number of para-hydroxylation sites is 2. The number of rotatable bonds is 7. The van der Waals surface area contributed by atoms with E-state index >= 15 is 0 Å². The van der Waals surface area contributed by atoms with Gasteiger partial charge in [-0.3, -0.25) is 4.79 Å². The SMILES string of the molecule is CCOc1ccccc1N1CC[NH+](CC(=O)Nc2ccc(CC#N)cc2)CC1. The molecule has 1 aliphatic heterocycles. The zero-order valence-electron chi connectivity index (χ0n) is 16.3. The highest BCUT2D eigenvalue weighted by Crippen LogP contribution is 2.27. The molecular weight excluding hydrogens is 352 g/mol. The maximum absolute atomic E-state index is 12.4. The highest BCUT2D eigenvalue weighted by molar-refractivity contribution is 5.91. The van der Waals surface area contributed by atoms with Gasteiger partial charge in [-0.05, 0) is 36.8 Å². The highest BCUT2D eigenvalue weighted by atomic mass is 16.5. The first-order chi connectivity index (χ1) is 13.7. The zero-order valence-corrected chi connectivity index (χ0v) is 16.3. The van der Waals surface area contributed by atoms with Crippen LogP contribution in [0.4, 0.5) is 11.4 Å². The number of benzene rings is 2. The number of carbonyl (C=O) groups excluding carboxylic acids is 1. The minimum atomic E-state index is 0.0196. The highest BCUT2D eigenvalue weighted by Gasteiger charge is 2.24. The maximum atomic E-state index is 12.4. The second-order valence-electron chi connectivity index (χ2n) is 6.89. The van der Waals surface area contributed by atoms with Gasteiger partial charge in [-0.2, -0.15) is 5.26 Å². The van der Waals surface area contributed by atoms with Gasteiger partial charge in [0.2, 0.25) is 0 Å². The molecule has 0 radical (unpaired) electrons. The minimum absolute atomic E-state index is 0.0196. The summed E-state index contributed by atoms with van der Waals surface area (Å²) in [4.78, 5) is 16.0. The van der Waals surface area contributed by atoms with Gasteiger partial charge in [0.25, 0.3) is 5.91 Å². The molecule has 1 heterocycles. The first kappa shape index (κ1) is 19.7. The number of anilines is 2. The fourth-order valence-electron chi connectivity index (χ4n) is 3.47. The second-order valence-corrected chi connectivity index (χ2v) is 6.89. The molecule has 1 fully saturated rings. The summed E-state index contributed by atoms with van der Waals surface area (Å²) in [6.45, 7) is 6.73. The lowest BCUT2D eigenvalue weighted by Crippen LogP contribution is -3.15. The molecule has 6 heteroatoms. The first-order valence-corrected chi connectivity index (χ1v) is 9.75. The van der Waals surface area contributed by atoms with Crippen molar-refractivity contribution in [2.45, 2.75) is 13.3 Å². The van der Waals surface area contributed by atoms with Gasteiger partial charge in [0.1, 0.15) is 5.75 Å². The van der Waals surface area contributed by atoms with Crippen LogP contribution in [0.5, 0.6) is 5.75 Å². The van der Waals surface area contributed by atoms with Crippen molar-refractivity contribution in [2.24, 2.45) is 0 Å². The van der Waals surface area contributed by atoms with Crippen molar-refractivity contribution >= 4 is 17.3 Å². The smallest absolute Gasteiger partial charge is 0.279 e. The molecule has 0 aromatic heterocycles. The van der Waals surface area contributed by atoms with Gasteiger partial charge < -0.3 is 19.9 Å². The number of nitrogens with one attached hydrogen (secondary N) is 2. The lowest BCUT2D eigenvalue weighted by Gasteiger charge is -2.34. The molecule has 0 bridgehead atoms. The summed E-state index contributed by atoms with van der Waals surface area (Å²) < 4.78 is 5.74. The summed E-state index contributed by atoms with van der Waals surface area (Å²) in [6.07, 6.45) is 0.384. The number of carbonyl (C=O) groups is 1. The molecule has 0 saturated carbocycles. The van der Waals surface area contributed by atoms with Crippen LogP contribution in [0.3, 0.4) is 0 Å². The van der Waals surface area contributed by atoms with E-state index in [1.807, 2.05) is 49.4 Å². The van der Waals surface area contributed by atoms with Gasteiger partial charge in [0.15, 0.2) is 6.54 Å². The number of piperazine rings is 1.